The topological polar surface area (TPSA) is 76.7 Å². The molecule has 0 heterocycles. The van der Waals surface area contributed by atoms with E-state index in [1.54, 1.807) is 30.3 Å². The normalized spacial score (nSPS) is 10.4. The number of nitrogens with one attached hydrogen (secondary N) is 2. The summed E-state index contributed by atoms with van der Waals surface area (Å²) in [6.07, 6.45) is 2.99. The molecule has 2 amide bonds. The van der Waals surface area contributed by atoms with E-state index in [9.17, 15) is 9.59 Å². The molecular formula is C20H22N2O4. The maximum absolute atomic E-state index is 12.0. The van der Waals surface area contributed by atoms with E-state index in [2.05, 4.69) is 10.9 Å². The maximum atomic E-state index is 12.0. The number of hydrazine groups is 1. The number of carbonyl (C=O) groups is 2. The molecule has 2 aromatic rings. The standard InChI is InChI=1S/C20H22N2O4/c1-3-25-17-10-5-15(6-11-17)7-14-19(23)21-22-20(24)16-8-12-18(13-9-16)26-4-2/h5-14H,3-4H2,1-2H3,(H,21,23)(H,22,24). The first kappa shape index (κ1) is 19.1. The van der Waals surface area contributed by atoms with Crippen molar-refractivity contribution in [2.75, 3.05) is 13.2 Å². The fourth-order valence-electron chi connectivity index (χ4n) is 2.12. The summed E-state index contributed by atoms with van der Waals surface area (Å²) >= 11 is 0. The number of hydrogen-bond donors (Lipinski definition) is 2. The van der Waals surface area contributed by atoms with Crippen LogP contribution >= 0.6 is 0 Å². The Morgan fingerprint density at radius 3 is 1.92 bits per heavy atom. The van der Waals surface area contributed by atoms with E-state index in [0.29, 0.717) is 24.5 Å². The Balaban J connectivity index is 1.82. The minimum atomic E-state index is -0.432. The highest BCUT2D eigenvalue weighted by Crippen LogP contribution is 2.13. The van der Waals surface area contributed by atoms with Gasteiger partial charge in [-0.05, 0) is 61.9 Å². The molecule has 2 rings (SSSR count). The van der Waals surface area contributed by atoms with Crippen molar-refractivity contribution in [1.82, 2.24) is 10.9 Å². The fourth-order valence-corrected chi connectivity index (χ4v) is 2.12. The number of amides is 2. The van der Waals surface area contributed by atoms with Crippen LogP contribution in [0.1, 0.15) is 29.8 Å². The zero-order valence-electron chi connectivity index (χ0n) is 14.8. The molecule has 0 spiro atoms. The average Bonchev–Trinajstić information content (AvgIpc) is 2.66. The highest BCUT2D eigenvalue weighted by molar-refractivity contribution is 5.97. The highest BCUT2D eigenvalue weighted by Gasteiger charge is 2.06. The molecular weight excluding hydrogens is 332 g/mol. The Hall–Kier alpha value is -3.28. The molecule has 0 fully saturated rings. The molecule has 0 saturated carbocycles. The lowest BCUT2D eigenvalue weighted by Gasteiger charge is -2.07. The molecule has 0 saturated heterocycles. The summed E-state index contributed by atoms with van der Waals surface area (Å²) in [5.41, 5.74) is 5.97. The molecule has 0 unspecified atom stereocenters. The van der Waals surface area contributed by atoms with E-state index in [1.807, 2.05) is 38.1 Å². The van der Waals surface area contributed by atoms with Gasteiger partial charge in [0, 0.05) is 11.6 Å². The van der Waals surface area contributed by atoms with Gasteiger partial charge in [0.2, 0.25) is 0 Å². The minimum Gasteiger partial charge on any atom is -0.494 e. The van der Waals surface area contributed by atoms with E-state index in [1.165, 1.54) is 6.08 Å². The Bertz CT molecular complexity index is 752. The van der Waals surface area contributed by atoms with Crippen LogP contribution in [0.2, 0.25) is 0 Å². The van der Waals surface area contributed by atoms with Crippen molar-refractivity contribution in [2.45, 2.75) is 13.8 Å². The molecule has 26 heavy (non-hydrogen) atoms. The van der Waals surface area contributed by atoms with Gasteiger partial charge in [0.1, 0.15) is 11.5 Å². The summed E-state index contributed by atoms with van der Waals surface area (Å²) in [5.74, 6) is 0.622. The fraction of sp³-hybridized carbons (Fsp3) is 0.200. The first-order chi connectivity index (χ1) is 12.6. The van der Waals surface area contributed by atoms with Crippen molar-refractivity contribution in [2.24, 2.45) is 0 Å². The van der Waals surface area contributed by atoms with E-state index in [0.717, 1.165) is 11.3 Å². The average molecular weight is 354 g/mol. The van der Waals surface area contributed by atoms with Gasteiger partial charge >= 0.3 is 0 Å². The first-order valence-electron chi connectivity index (χ1n) is 8.36. The van der Waals surface area contributed by atoms with Crippen molar-refractivity contribution >= 4 is 17.9 Å². The molecule has 6 nitrogen and oxygen atoms in total. The van der Waals surface area contributed by atoms with Crippen LogP contribution in [0.4, 0.5) is 0 Å². The molecule has 0 aliphatic rings. The zero-order valence-corrected chi connectivity index (χ0v) is 14.8. The summed E-state index contributed by atoms with van der Waals surface area (Å²) < 4.78 is 10.7. The largest absolute Gasteiger partial charge is 0.494 e. The van der Waals surface area contributed by atoms with Gasteiger partial charge in [-0.1, -0.05) is 12.1 Å². The summed E-state index contributed by atoms with van der Waals surface area (Å²) in [5, 5.41) is 0. The minimum absolute atomic E-state index is 0.407. The molecule has 0 bridgehead atoms. The second-order valence-electron chi connectivity index (χ2n) is 5.24. The maximum Gasteiger partial charge on any atom is 0.269 e. The van der Waals surface area contributed by atoms with Crippen LogP contribution < -0.4 is 20.3 Å². The molecule has 2 N–H and O–H groups in total. The van der Waals surface area contributed by atoms with Crippen molar-refractivity contribution in [3.63, 3.8) is 0 Å². The number of carbonyl (C=O) groups excluding carboxylic acids is 2. The number of benzene rings is 2. The molecule has 0 aliphatic carbocycles. The Labute approximate surface area is 152 Å². The van der Waals surface area contributed by atoms with Gasteiger partial charge in [-0.3, -0.25) is 20.4 Å². The van der Waals surface area contributed by atoms with Gasteiger partial charge < -0.3 is 9.47 Å². The molecule has 6 heteroatoms. The van der Waals surface area contributed by atoms with Gasteiger partial charge in [-0.25, -0.2) is 0 Å². The Kier molecular flexibility index (Phi) is 7.24. The van der Waals surface area contributed by atoms with Gasteiger partial charge in [0.25, 0.3) is 11.8 Å². The van der Waals surface area contributed by atoms with Gasteiger partial charge in [-0.2, -0.15) is 0 Å². The lowest BCUT2D eigenvalue weighted by atomic mass is 10.2. The Morgan fingerprint density at radius 2 is 1.38 bits per heavy atom. The second kappa shape index (κ2) is 9.88. The number of hydrogen-bond acceptors (Lipinski definition) is 4. The third kappa shape index (κ3) is 5.98. The molecule has 0 radical (unpaired) electrons. The molecule has 136 valence electrons. The van der Waals surface area contributed by atoms with Gasteiger partial charge in [-0.15, -0.1) is 0 Å². The zero-order chi connectivity index (χ0) is 18.8. The molecule has 0 aliphatic heterocycles. The third-order valence-corrected chi connectivity index (χ3v) is 3.35. The van der Waals surface area contributed by atoms with E-state index in [4.69, 9.17) is 9.47 Å². The predicted molar refractivity (Wildman–Crippen MR) is 99.9 cm³/mol. The van der Waals surface area contributed by atoms with Crippen LogP contribution in [-0.2, 0) is 4.79 Å². The van der Waals surface area contributed by atoms with Crippen LogP contribution in [0.25, 0.3) is 6.08 Å². The van der Waals surface area contributed by atoms with E-state index in [-0.39, 0.29) is 0 Å². The summed E-state index contributed by atoms with van der Waals surface area (Å²) in [6, 6.07) is 14.0. The Morgan fingerprint density at radius 1 is 0.846 bits per heavy atom. The smallest absolute Gasteiger partial charge is 0.269 e. The van der Waals surface area contributed by atoms with Gasteiger partial charge in [0.05, 0.1) is 13.2 Å². The monoisotopic (exact) mass is 354 g/mol. The van der Waals surface area contributed by atoms with Crippen LogP contribution in [0.3, 0.4) is 0 Å². The lowest BCUT2D eigenvalue weighted by molar-refractivity contribution is -0.117. The van der Waals surface area contributed by atoms with E-state index < -0.39 is 11.8 Å². The highest BCUT2D eigenvalue weighted by atomic mass is 16.5. The summed E-state index contributed by atoms with van der Waals surface area (Å²) in [7, 11) is 0. The quantitative estimate of drug-likeness (QED) is 0.592. The van der Waals surface area contributed by atoms with Crippen LogP contribution in [0.15, 0.2) is 54.6 Å². The SMILES string of the molecule is CCOc1ccc(C=CC(=O)NNC(=O)c2ccc(OCC)cc2)cc1. The second-order valence-corrected chi connectivity index (χ2v) is 5.24. The van der Waals surface area contributed by atoms with E-state index >= 15 is 0 Å². The van der Waals surface area contributed by atoms with Crippen LogP contribution in [0.5, 0.6) is 11.5 Å². The predicted octanol–water partition coefficient (Wildman–Crippen LogP) is 2.96. The third-order valence-electron chi connectivity index (χ3n) is 3.35. The first-order valence-corrected chi connectivity index (χ1v) is 8.36. The van der Waals surface area contributed by atoms with Crippen molar-refractivity contribution in [1.29, 1.82) is 0 Å². The molecule has 0 atom stereocenters. The summed E-state index contributed by atoms with van der Waals surface area (Å²) in [4.78, 5) is 23.8. The number of rotatable bonds is 7. The van der Waals surface area contributed by atoms with Crippen LogP contribution in [-0.4, -0.2) is 25.0 Å². The summed E-state index contributed by atoms with van der Waals surface area (Å²) in [6.45, 7) is 4.96. The molecule has 0 aromatic heterocycles. The molecule has 2 aromatic carbocycles. The van der Waals surface area contributed by atoms with Crippen molar-refractivity contribution < 1.29 is 19.1 Å². The van der Waals surface area contributed by atoms with Gasteiger partial charge in [0.15, 0.2) is 0 Å². The van der Waals surface area contributed by atoms with Crippen molar-refractivity contribution in [3.8, 4) is 11.5 Å². The van der Waals surface area contributed by atoms with Crippen molar-refractivity contribution in [3.05, 3.63) is 65.7 Å². The number of ether oxygens (including phenoxy) is 2. The van der Waals surface area contributed by atoms with Crippen LogP contribution in [0, 0.1) is 0 Å². The lowest BCUT2D eigenvalue weighted by Crippen LogP contribution is -2.40.